The molecule has 1 aliphatic rings. The number of nitrogens with zero attached hydrogens (tertiary/aromatic N) is 1. The van der Waals surface area contributed by atoms with Gasteiger partial charge in [-0.05, 0) is 12.0 Å². The van der Waals surface area contributed by atoms with Crippen LogP contribution in [0.2, 0.25) is 0 Å². The van der Waals surface area contributed by atoms with Gasteiger partial charge >= 0.3 is 0 Å². The highest BCUT2D eigenvalue weighted by Gasteiger charge is 2.23. The van der Waals surface area contributed by atoms with Gasteiger partial charge in [0.05, 0.1) is 5.38 Å². The first kappa shape index (κ1) is 10.0. The molecular weight excluding hydrogens is 214 g/mol. The molecule has 82 valence electrons. The topological polar surface area (TPSA) is 3.88 Å². The molecule has 0 saturated heterocycles. The van der Waals surface area contributed by atoms with E-state index in [1.807, 2.05) is 11.3 Å². The standard InChI is InChI=1S/C14H16NS/c1-2-13-10-16-14-8-7-11-5-3-4-6-12(11)9-15(13)14/h3-6,10H,2,7-9H2,1H3/q+1. The largest absolute Gasteiger partial charge is 0.238 e. The van der Waals surface area contributed by atoms with Crippen molar-refractivity contribution in [3.63, 3.8) is 0 Å². The minimum Gasteiger partial charge on any atom is -0.186 e. The highest BCUT2D eigenvalue weighted by Crippen LogP contribution is 2.19. The molecule has 0 radical (unpaired) electrons. The van der Waals surface area contributed by atoms with E-state index in [0.717, 1.165) is 13.0 Å². The van der Waals surface area contributed by atoms with E-state index in [2.05, 4.69) is 41.1 Å². The predicted molar refractivity (Wildman–Crippen MR) is 66.8 cm³/mol. The van der Waals surface area contributed by atoms with Gasteiger partial charge in [0.25, 0.3) is 0 Å². The number of aromatic nitrogens is 1. The Bertz CT molecular complexity index is 513. The van der Waals surface area contributed by atoms with Gasteiger partial charge in [-0.3, -0.25) is 0 Å². The van der Waals surface area contributed by atoms with Gasteiger partial charge in [0.1, 0.15) is 0 Å². The van der Waals surface area contributed by atoms with Crippen LogP contribution in [0, 0.1) is 0 Å². The molecule has 0 atom stereocenters. The van der Waals surface area contributed by atoms with Crippen LogP contribution in [-0.2, 0) is 25.8 Å². The quantitative estimate of drug-likeness (QED) is 0.663. The lowest BCUT2D eigenvalue weighted by atomic mass is 10.0. The fourth-order valence-electron chi connectivity index (χ4n) is 2.45. The molecule has 0 aliphatic carbocycles. The summed E-state index contributed by atoms with van der Waals surface area (Å²) >= 11 is 1.92. The Morgan fingerprint density at radius 1 is 1.19 bits per heavy atom. The van der Waals surface area contributed by atoms with Crippen LogP contribution in [0.25, 0.3) is 0 Å². The molecule has 0 N–H and O–H groups in total. The van der Waals surface area contributed by atoms with Gasteiger partial charge in [0, 0.05) is 18.4 Å². The molecule has 16 heavy (non-hydrogen) atoms. The van der Waals surface area contributed by atoms with E-state index in [-0.39, 0.29) is 0 Å². The Morgan fingerprint density at radius 3 is 2.81 bits per heavy atom. The van der Waals surface area contributed by atoms with Crippen LogP contribution in [0.3, 0.4) is 0 Å². The zero-order valence-electron chi connectivity index (χ0n) is 9.57. The van der Waals surface area contributed by atoms with E-state index in [1.54, 1.807) is 0 Å². The monoisotopic (exact) mass is 230 g/mol. The van der Waals surface area contributed by atoms with Crippen molar-refractivity contribution < 1.29 is 4.57 Å². The van der Waals surface area contributed by atoms with Gasteiger partial charge in [-0.1, -0.05) is 42.5 Å². The van der Waals surface area contributed by atoms with E-state index in [1.165, 1.54) is 34.7 Å². The van der Waals surface area contributed by atoms with Crippen molar-refractivity contribution in [2.24, 2.45) is 0 Å². The van der Waals surface area contributed by atoms with Gasteiger partial charge in [-0.25, -0.2) is 0 Å². The van der Waals surface area contributed by atoms with E-state index < -0.39 is 0 Å². The van der Waals surface area contributed by atoms with Gasteiger partial charge in [-0.2, -0.15) is 4.57 Å². The summed E-state index contributed by atoms with van der Waals surface area (Å²) in [6.07, 6.45) is 3.53. The third kappa shape index (κ3) is 1.57. The number of aryl methyl sites for hydroxylation is 3. The van der Waals surface area contributed by atoms with Crippen molar-refractivity contribution in [2.75, 3.05) is 0 Å². The number of hydrogen-bond donors (Lipinski definition) is 0. The molecule has 1 aromatic heterocycles. The van der Waals surface area contributed by atoms with Crippen LogP contribution in [0.15, 0.2) is 29.6 Å². The SMILES string of the molecule is CCc1csc2[n+]1Cc1ccccc1CC2. The molecule has 0 fully saturated rings. The normalized spacial score (nSPS) is 14.1. The predicted octanol–water partition coefficient (Wildman–Crippen LogP) is 2.74. The van der Waals surface area contributed by atoms with E-state index in [9.17, 15) is 0 Å². The van der Waals surface area contributed by atoms with Crippen molar-refractivity contribution >= 4 is 11.3 Å². The van der Waals surface area contributed by atoms with Gasteiger partial charge in [0.15, 0.2) is 12.2 Å². The summed E-state index contributed by atoms with van der Waals surface area (Å²) in [5.74, 6) is 0. The second kappa shape index (κ2) is 4.02. The first-order chi connectivity index (χ1) is 7.88. The molecule has 0 spiro atoms. The van der Waals surface area contributed by atoms with Gasteiger partial charge < -0.3 is 0 Å². The summed E-state index contributed by atoms with van der Waals surface area (Å²) in [5.41, 5.74) is 4.51. The molecule has 1 nitrogen and oxygen atoms in total. The van der Waals surface area contributed by atoms with Crippen LogP contribution in [0.5, 0.6) is 0 Å². The Balaban J connectivity index is 2.08. The smallest absolute Gasteiger partial charge is 0.186 e. The minimum atomic E-state index is 1.07. The summed E-state index contributed by atoms with van der Waals surface area (Å²) in [5, 5.41) is 3.86. The number of hydrogen-bond acceptors (Lipinski definition) is 1. The third-order valence-corrected chi connectivity index (χ3v) is 4.48. The zero-order valence-corrected chi connectivity index (χ0v) is 10.4. The van der Waals surface area contributed by atoms with Crippen molar-refractivity contribution in [1.29, 1.82) is 0 Å². The Morgan fingerprint density at radius 2 is 2.00 bits per heavy atom. The van der Waals surface area contributed by atoms with Crippen molar-refractivity contribution in [1.82, 2.24) is 0 Å². The van der Waals surface area contributed by atoms with Crippen LogP contribution in [0.4, 0.5) is 0 Å². The summed E-state index contributed by atoms with van der Waals surface area (Å²) in [6, 6.07) is 8.86. The molecular formula is C14H16NS+. The number of rotatable bonds is 1. The van der Waals surface area contributed by atoms with Crippen LogP contribution in [0.1, 0.15) is 28.8 Å². The average Bonchev–Trinajstić information content (AvgIpc) is 2.61. The Kier molecular flexibility index (Phi) is 2.52. The third-order valence-electron chi connectivity index (χ3n) is 3.40. The minimum absolute atomic E-state index is 1.07. The Hall–Kier alpha value is -1.15. The van der Waals surface area contributed by atoms with E-state index >= 15 is 0 Å². The first-order valence-corrected chi connectivity index (χ1v) is 6.82. The van der Waals surface area contributed by atoms with Gasteiger partial charge in [-0.15, -0.1) is 0 Å². The van der Waals surface area contributed by atoms with Crippen molar-refractivity contribution in [2.45, 2.75) is 32.7 Å². The second-order valence-corrected chi connectivity index (χ2v) is 5.27. The molecule has 0 amide bonds. The fourth-order valence-corrected chi connectivity index (χ4v) is 3.54. The maximum Gasteiger partial charge on any atom is 0.238 e. The molecule has 0 saturated carbocycles. The summed E-state index contributed by atoms with van der Waals surface area (Å²) in [7, 11) is 0. The van der Waals surface area contributed by atoms with Crippen molar-refractivity contribution in [3.8, 4) is 0 Å². The number of fused-ring (bicyclic) bond motifs is 2. The molecule has 2 heteroatoms. The summed E-state index contributed by atoms with van der Waals surface area (Å²) in [4.78, 5) is 0. The lowest BCUT2D eigenvalue weighted by Gasteiger charge is -2.01. The molecule has 1 aliphatic heterocycles. The van der Waals surface area contributed by atoms with E-state index in [4.69, 9.17) is 0 Å². The van der Waals surface area contributed by atoms with Crippen LogP contribution < -0.4 is 4.57 Å². The maximum atomic E-state index is 2.51. The van der Waals surface area contributed by atoms with Gasteiger partial charge in [0.2, 0.25) is 5.01 Å². The molecule has 0 unspecified atom stereocenters. The highest BCUT2D eigenvalue weighted by atomic mass is 32.1. The Labute approximate surface area is 100 Å². The molecule has 2 aromatic rings. The molecule has 1 aromatic carbocycles. The lowest BCUT2D eigenvalue weighted by molar-refractivity contribution is -0.696. The fraction of sp³-hybridized carbons (Fsp3) is 0.357. The highest BCUT2D eigenvalue weighted by molar-refractivity contribution is 7.09. The first-order valence-electron chi connectivity index (χ1n) is 5.94. The van der Waals surface area contributed by atoms with Crippen molar-refractivity contribution in [3.05, 3.63) is 51.5 Å². The molecule has 3 rings (SSSR count). The number of thiazole rings is 1. The van der Waals surface area contributed by atoms with Crippen LogP contribution in [-0.4, -0.2) is 0 Å². The second-order valence-electron chi connectivity index (χ2n) is 4.33. The zero-order chi connectivity index (χ0) is 11.0. The summed E-state index contributed by atoms with van der Waals surface area (Å²) in [6.45, 7) is 3.31. The van der Waals surface area contributed by atoms with Crippen LogP contribution >= 0.6 is 11.3 Å². The van der Waals surface area contributed by atoms with E-state index in [0.29, 0.717) is 0 Å². The summed E-state index contributed by atoms with van der Waals surface area (Å²) < 4.78 is 2.51. The molecule has 2 heterocycles. The average molecular weight is 230 g/mol. The number of benzene rings is 1. The molecule has 0 bridgehead atoms. The lowest BCUT2D eigenvalue weighted by Crippen LogP contribution is -2.39. The maximum absolute atomic E-state index is 2.51.